The number of piperidine rings is 1. The molecule has 1 aliphatic heterocycles. The van der Waals surface area contributed by atoms with E-state index in [4.69, 9.17) is 16.6 Å². The summed E-state index contributed by atoms with van der Waals surface area (Å²) in [6, 6.07) is 20.2. The van der Waals surface area contributed by atoms with Gasteiger partial charge < -0.3 is 10.2 Å². The van der Waals surface area contributed by atoms with Crippen molar-refractivity contribution in [1.29, 1.82) is 0 Å². The number of aromatic nitrogens is 2. The first-order chi connectivity index (χ1) is 19.0. The van der Waals surface area contributed by atoms with Crippen LogP contribution in [0, 0.1) is 5.82 Å². The maximum absolute atomic E-state index is 13.9. The highest BCUT2D eigenvalue weighted by Crippen LogP contribution is 2.33. The van der Waals surface area contributed by atoms with Crippen LogP contribution in [-0.4, -0.2) is 28.8 Å². The predicted octanol–water partition coefficient (Wildman–Crippen LogP) is 7.56. The first kappa shape index (κ1) is 26.6. The highest BCUT2D eigenvalue weighted by Gasteiger charge is 2.16. The van der Waals surface area contributed by atoms with Gasteiger partial charge in [-0.3, -0.25) is 4.79 Å². The lowest BCUT2D eigenvalue weighted by Gasteiger charge is -2.29. The summed E-state index contributed by atoms with van der Waals surface area (Å²) in [5.41, 5.74) is 5.76. The minimum atomic E-state index is -0.301. The highest BCUT2D eigenvalue weighted by molar-refractivity contribution is 6.33. The Morgan fingerprint density at radius 2 is 1.85 bits per heavy atom. The number of rotatable bonds is 9. The van der Waals surface area contributed by atoms with Crippen LogP contribution in [0.25, 0.3) is 11.3 Å². The van der Waals surface area contributed by atoms with Crippen molar-refractivity contribution in [3.05, 3.63) is 113 Å². The Kier molecular flexibility index (Phi) is 8.33. The zero-order valence-corrected chi connectivity index (χ0v) is 22.4. The number of hydrogen-bond acceptors (Lipinski definition) is 5. The molecule has 0 aliphatic carbocycles. The number of anilines is 3. The van der Waals surface area contributed by atoms with Crippen LogP contribution < -0.4 is 10.2 Å². The molecule has 0 spiro atoms. The molecule has 5 nitrogen and oxygen atoms in total. The van der Waals surface area contributed by atoms with Gasteiger partial charge in [-0.05, 0) is 78.9 Å². The van der Waals surface area contributed by atoms with E-state index in [1.165, 1.54) is 43.2 Å². The van der Waals surface area contributed by atoms with Crippen LogP contribution in [0.2, 0.25) is 5.02 Å². The van der Waals surface area contributed by atoms with Crippen LogP contribution in [0.4, 0.5) is 21.7 Å². The molecule has 1 N–H and O–H groups in total. The minimum absolute atomic E-state index is 0.0816. The van der Waals surface area contributed by atoms with Crippen molar-refractivity contribution in [2.24, 2.45) is 0 Å². The van der Waals surface area contributed by atoms with Gasteiger partial charge >= 0.3 is 0 Å². The van der Waals surface area contributed by atoms with Gasteiger partial charge in [-0.15, -0.1) is 0 Å². The molecule has 5 rings (SSSR count). The third kappa shape index (κ3) is 6.70. The van der Waals surface area contributed by atoms with Gasteiger partial charge in [-0.1, -0.05) is 42.4 Å². The van der Waals surface area contributed by atoms with E-state index in [2.05, 4.69) is 33.9 Å². The van der Waals surface area contributed by atoms with Gasteiger partial charge in [0.15, 0.2) is 5.78 Å². The molecule has 0 radical (unpaired) electrons. The lowest BCUT2D eigenvalue weighted by molar-refractivity contribution is -0.114. The molecule has 1 saturated heterocycles. The molecule has 1 aliphatic rings. The largest absolute Gasteiger partial charge is 0.371 e. The zero-order valence-electron chi connectivity index (χ0n) is 21.7. The smallest absolute Gasteiger partial charge is 0.227 e. The third-order valence-electron chi connectivity index (χ3n) is 6.86. The Bertz CT molecular complexity index is 1500. The predicted molar refractivity (Wildman–Crippen MR) is 156 cm³/mol. The quantitative estimate of drug-likeness (QED) is 0.222. The summed E-state index contributed by atoms with van der Waals surface area (Å²) < 4.78 is 13.9. The second-order valence-corrected chi connectivity index (χ2v) is 10.2. The van der Waals surface area contributed by atoms with Crippen molar-refractivity contribution in [1.82, 2.24) is 9.97 Å². The first-order valence-electron chi connectivity index (χ1n) is 13.1. The number of allylic oxidation sites excluding steroid dienone is 1. The lowest BCUT2D eigenvalue weighted by Crippen LogP contribution is -2.29. The van der Waals surface area contributed by atoms with E-state index in [-0.39, 0.29) is 18.0 Å². The molecule has 39 heavy (non-hydrogen) atoms. The summed E-state index contributed by atoms with van der Waals surface area (Å²) in [4.78, 5) is 23.9. The SMILES string of the molecule is C=CC(=O)Cc1ccc(Cl)c(-c2nc(Nc3cccc(N4CCCCC4)c3)ncc2Cc2cccc(F)c2)c1. The van der Waals surface area contributed by atoms with Crippen LogP contribution in [0.5, 0.6) is 0 Å². The second kappa shape index (κ2) is 12.2. The van der Waals surface area contributed by atoms with Crippen LogP contribution in [0.1, 0.15) is 36.0 Å². The highest BCUT2D eigenvalue weighted by atomic mass is 35.5. The fourth-order valence-corrected chi connectivity index (χ4v) is 5.10. The fourth-order valence-electron chi connectivity index (χ4n) is 4.90. The molecule has 0 saturated carbocycles. The molecule has 0 bridgehead atoms. The Balaban J connectivity index is 1.51. The molecule has 198 valence electrons. The van der Waals surface area contributed by atoms with Crippen molar-refractivity contribution in [3.8, 4) is 11.3 Å². The number of carbonyl (C=O) groups is 1. The molecular formula is C32H30ClFN4O. The molecule has 7 heteroatoms. The van der Waals surface area contributed by atoms with Crippen molar-refractivity contribution >= 4 is 34.7 Å². The molecule has 3 aromatic carbocycles. The van der Waals surface area contributed by atoms with E-state index in [1.54, 1.807) is 18.3 Å². The molecular weight excluding hydrogens is 511 g/mol. The topological polar surface area (TPSA) is 58.1 Å². The second-order valence-electron chi connectivity index (χ2n) is 9.76. The van der Waals surface area contributed by atoms with E-state index in [9.17, 15) is 9.18 Å². The Hall–Kier alpha value is -4.03. The number of ketones is 1. The molecule has 1 aromatic heterocycles. The van der Waals surface area contributed by atoms with Crippen LogP contribution in [0.15, 0.2) is 85.6 Å². The number of halogens is 2. The van der Waals surface area contributed by atoms with Crippen LogP contribution in [-0.2, 0) is 17.6 Å². The summed E-state index contributed by atoms with van der Waals surface area (Å²) >= 11 is 6.67. The van der Waals surface area contributed by atoms with Crippen molar-refractivity contribution in [2.45, 2.75) is 32.1 Å². The maximum atomic E-state index is 13.9. The normalized spacial score (nSPS) is 13.2. The average molecular weight is 541 g/mol. The van der Waals surface area contributed by atoms with Gasteiger partial charge in [0.25, 0.3) is 0 Å². The lowest BCUT2D eigenvalue weighted by atomic mass is 9.98. The third-order valence-corrected chi connectivity index (χ3v) is 7.19. The van der Waals surface area contributed by atoms with Gasteiger partial charge in [0.1, 0.15) is 5.82 Å². The van der Waals surface area contributed by atoms with Gasteiger partial charge in [0.2, 0.25) is 5.95 Å². The number of benzene rings is 3. The summed E-state index contributed by atoms with van der Waals surface area (Å²) in [5.74, 6) is 0.0409. The number of nitrogens with zero attached hydrogens (tertiary/aromatic N) is 3. The summed E-state index contributed by atoms with van der Waals surface area (Å²) in [7, 11) is 0. The zero-order chi connectivity index (χ0) is 27.2. The first-order valence-corrected chi connectivity index (χ1v) is 13.5. The van der Waals surface area contributed by atoms with E-state index in [0.717, 1.165) is 35.5 Å². The molecule has 1 fully saturated rings. The van der Waals surface area contributed by atoms with Gasteiger partial charge in [-0.2, -0.15) is 0 Å². The van der Waals surface area contributed by atoms with Crippen molar-refractivity contribution in [2.75, 3.05) is 23.3 Å². The van der Waals surface area contributed by atoms with Crippen molar-refractivity contribution in [3.63, 3.8) is 0 Å². The number of carbonyl (C=O) groups excluding carboxylic acids is 1. The minimum Gasteiger partial charge on any atom is -0.371 e. The standard InChI is InChI=1S/C32H30ClFN4O/c1-2-28(39)18-23-12-13-30(33)29(19-23)31-24(16-22-8-6-9-25(34)17-22)21-35-32(37-31)36-26-10-7-11-27(20-26)38-14-4-3-5-15-38/h2,6-13,17,19-21H,1,3-5,14-16,18H2,(H,35,36,37). The summed E-state index contributed by atoms with van der Waals surface area (Å²) in [5, 5.41) is 3.85. The van der Waals surface area contributed by atoms with E-state index >= 15 is 0 Å². The Labute approximate surface area is 233 Å². The van der Waals surface area contributed by atoms with Gasteiger partial charge in [-0.25, -0.2) is 14.4 Å². The van der Waals surface area contributed by atoms with Gasteiger partial charge in [0, 0.05) is 59.7 Å². The van der Waals surface area contributed by atoms with Crippen LogP contribution >= 0.6 is 11.6 Å². The maximum Gasteiger partial charge on any atom is 0.227 e. The van der Waals surface area contributed by atoms with Crippen molar-refractivity contribution < 1.29 is 9.18 Å². The molecule has 0 unspecified atom stereocenters. The monoisotopic (exact) mass is 540 g/mol. The Morgan fingerprint density at radius 3 is 2.64 bits per heavy atom. The number of hydrogen-bond donors (Lipinski definition) is 1. The van der Waals surface area contributed by atoms with Crippen LogP contribution in [0.3, 0.4) is 0 Å². The number of nitrogens with one attached hydrogen (secondary N) is 1. The molecule has 0 amide bonds. The Morgan fingerprint density at radius 1 is 1.03 bits per heavy atom. The fraction of sp³-hybridized carbons (Fsp3) is 0.219. The summed E-state index contributed by atoms with van der Waals surface area (Å²) in [6.45, 7) is 5.69. The summed E-state index contributed by atoms with van der Waals surface area (Å²) in [6.07, 6.45) is 7.38. The molecule has 4 aromatic rings. The molecule has 2 heterocycles. The van der Waals surface area contributed by atoms with E-state index in [1.807, 2.05) is 30.3 Å². The van der Waals surface area contributed by atoms with E-state index in [0.29, 0.717) is 28.6 Å². The van der Waals surface area contributed by atoms with Gasteiger partial charge in [0.05, 0.1) is 5.69 Å². The molecule has 0 atom stereocenters. The van der Waals surface area contributed by atoms with E-state index < -0.39 is 0 Å². The average Bonchev–Trinajstić information content (AvgIpc) is 2.95.